The molecule has 0 aliphatic carbocycles. The minimum atomic E-state index is -0.553. The highest BCUT2D eigenvalue weighted by atomic mass is 32.1. The lowest BCUT2D eigenvalue weighted by Crippen LogP contribution is -2.35. The number of methoxy groups -OCH3 is 1. The monoisotopic (exact) mass is 357 g/mol. The summed E-state index contributed by atoms with van der Waals surface area (Å²) < 4.78 is 18.9. The zero-order valence-electron chi connectivity index (χ0n) is 13.8. The maximum Gasteiger partial charge on any atom is 0.218 e. The van der Waals surface area contributed by atoms with Crippen LogP contribution in [0.2, 0.25) is 0 Å². The fraction of sp³-hybridized carbons (Fsp3) is 0.294. The number of hydrogen-bond donors (Lipinski definition) is 0. The van der Waals surface area contributed by atoms with Crippen molar-refractivity contribution in [3.63, 3.8) is 0 Å². The van der Waals surface area contributed by atoms with Crippen LogP contribution in [0.3, 0.4) is 0 Å². The Hall–Kier alpha value is -2.61. The average Bonchev–Trinajstić information content (AvgIpc) is 3.16. The van der Waals surface area contributed by atoms with Gasteiger partial charge in [-0.3, -0.25) is 0 Å². The van der Waals surface area contributed by atoms with Crippen LogP contribution in [0.5, 0.6) is 5.75 Å². The molecule has 0 saturated carbocycles. The van der Waals surface area contributed by atoms with Gasteiger partial charge in [-0.1, -0.05) is 0 Å². The Morgan fingerprint density at radius 2 is 2.16 bits per heavy atom. The second-order valence-corrected chi connectivity index (χ2v) is 6.50. The van der Waals surface area contributed by atoms with Crippen molar-refractivity contribution < 1.29 is 9.13 Å². The molecule has 8 heteroatoms. The molecule has 0 spiro atoms. The number of fused-ring (bicyclic) bond motifs is 1. The van der Waals surface area contributed by atoms with E-state index >= 15 is 0 Å². The van der Waals surface area contributed by atoms with Crippen molar-refractivity contribution in [1.29, 1.82) is 0 Å². The van der Waals surface area contributed by atoms with Crippen LogP contribution in [-0.2, 0) is 6.42 Å². The van der Waals surface area contributed by atoms with Crippen LogP contribution in [0.1, 0.15) is 24.2 Å². The van der Waals surface area contributed by atoms with Crippen LogP contribution >= 0.6 is 11.3 Å². The van der Waals surface area contributed by atoms with E-state index < -0.39 is 5.95 Å². The highest BCUT2D eigenvalue weighted by Gasteiger charge is 2.27. The van der Waals surface area contributed by atoms with Gasteiger partial charge in [0.15, 0.2) is 5.82 Å². The molecule has 1 unspecified atom stereocenters. The van der Waals surface area contributed by atoms with Gasteiger partial charge in [-0.15, -0.1) is 11.3 Å². The summed E-state index contributed by atoms with van der Waals surface area (Å²) in [5, 5.41) is 1.93. The Morgan fingerprint density at radius 1 is 1.28 bits per heavy atom. The van der Waals surface area contributed by atoms with Crippen LogP contribution in [0.15, 0.2) is 29.2 Å². The Bertz CT molecular complexity index is 902. The number of halogens is 1. The molecule has 6 nitrogen and oxygen atoms in total. The maximum absolute atomic E-state index is 13.8. The number of rotatable bonds is 3. The van der Waals surface area contributed by atoms with Crippen molar-refractivity contribution in [2.75, 3.05) is 18.6 Å². The number of thiazole rings is 1. The van der Waals surface area contributed by atoms with Gasteiger partial charge in [0, 0.05) is 42.2 Å². The van der Waals surface area contributed by atoms with Gasteiger partial charge in [0.25, 0.3) is 0 Å². The molecule has 1 atom stereocenters. The predicted octanol–water partition coefficient (Wildman–Crippen LogP) is 3.27. The smallest absolute Gasteiger partial charge is 0.218 e. The van der Waals surface area contributed by atoms with Gasteiger partial charge in [0.1, 0.15) is 17.3 Å². The lowest BCUT2D eigenvalue weighted by Gasteiger charge is -2.35. The van der Waals surface area contributed by atoms with Crippen molar-refractivity contribution in [1.82, 2.24) is 19.9 Å². The minimum Gasteiger partial charge on any atom is -0.496 e. The van der Waals surface area contributed by atoms with Crippen molar-refractivity contribution in [2.45, 2.75) is 19.4 Å². The standard InChI is InChI=1S/C17H16FN5OS/c1-10-12-7-19-17(14-8-25-9-20-14)21-13(12)3-4-23(10)16-6-11(24-2)5-15(18)22-16/h5-10H,3-4H2,1-2H3. The highest BCUT2D eigenvalue weighted by Crippen LogP contribution is 2.33. The SMILES string of the molecule is COc1cc(F)nc(N2CCc3nc(-c4cscn4)ncc3C2C)c1. The topological polar surface area (TPSA) is 64.0 Å². The molecular weight excluding hydrogens is 341 g/mol. The number of aromatic nitrogens is 4. The van der Waals surface area contributed by atoms with Crippen molar-refractivity contribution >= 4 is 17.2 Å². The molecule has 0 amide bonds. The lowest BCUT2D eigenvalue weighted by molar-refractivity contribution is 0.408. The molecule has 0 saturated heterocycles. The average molecular weight is 357 g/mol. The molecule has 3 aromatic rings. The van der Waals surface area contributed by atoms with Crippen LogP contribution < -0.4 is 9.64 Å². The molecule has 1 aliphatic rings. The summed E-state index contributed by atoms with van der Waals surface area (Å²) in [5.74, 6) is 1.10. The molecule has 128 valence electrons. The van der Waals surface area contributed by atoms with Crippen molar-refractivity contribution in [2.24, 2.45) is 0 Å². The van der Waals surface area contributed by atoms with Gasteiger partial charge in [0.2, 0.25) is 5.95 Å². The quantitative estimate of drug-likeness (QED) is 0.671. The first-order chi connectivity index (χ1) is 12.2. The molecule has 25 heavy (non-hydrogen) atoms. The molecule has 0 fully saturated rings. The van der Waals surface area contributed by atoms with E-state index in [4.69, 9.17) is 4.74 Å². The zero-order valence-corrected chi connectivity index (χ0v) is 14.6. The molecule has 1 aliphatic heterocycles. The normalized spacial score (nSPS) is 16.6. The first-order valence-corrected chi connectivity index (χ1v) is 8.82. The molecule has 4 heterocycles. The van der Waals surface area contributed by atoms with Crippen LogP contribution in [0, 0.1) is 5.95 Å². The number of hydrogen-bond acceptors (Lipinski definition) is 7. The molecule has 0 radical (unpaired) electrons. The van der Waals surface area contributed by atoms with Gasteiger partial charge in [-0.2, -0.15) is 4.39 Å². The van der Waals surface area contributed by atoms with E-state index in [1.54, 1.807) is 11.6 Å². The molecule has 3 aromatic heterocycles. The van der Waals surface area contributed by atoms with Gasteiger partial charge in [-0.05, 0) is 6.92 Å². The summed E-state index contributed by atoms with van der Waals surface area (Å²) in [6.45, 7) is 2.74. The highest BCUT2D eigenvalue weighted by molar-refractivity contribution is 7.07. The maximum atomic E-state index is 13.8. The van der Waals surface area contributed by atoms with Gasteiger partial charge in [-0.25, -0.2) is 19.9 Å². The fourth-order valence-electron chi connectivity index (χ4n) is 3.05. The Kier molecular flexibility index (Phi) is 4.04. The summed E-state index contributed by atoms with van der Waals surface area (Å²) in [5.41, 5.74) is 4.59. The summed E-state index contributed by atoms with van der Waals surface area (Å²) in [6, 6.07) is 3.01. The van der Waals surface area contributed by atoms with Gasteiger partial charge >= 0.3 is 0 Å². The largest absolute Gasteiger partial charge is 0.496 e. The van der Waals surface area contributed by atoms with Crippen LogP contribution in [-0.4, -0.2) is 33.6 Å². The Morgan fingerprint density at radius 3 is 2.92 bits per heavy atom. The lowest BCUT2D eigenvalue weighted by atomic mass is 9.99. The molecule has 4 rings (SSSR count). The summed E-state index contributed by atoms with van der Waals surface area (Å²) >= 11 is 1.52. The summed E-state index contributed by atoms with van der Waals surface area (Å²) in [6.07, 6.45) is 2.57. The van der Waals surface area contributed by atoms with E-state index in [1.165, 1.54) is 24.5 Å². The second-order valence-electron chi connectivity index (χ2n) is 5.78. The first kappa shape index (κ1) is 15.9. The summed E-state index contributed by atoms with van der Waals surface area (Å²) in [4.78, 5) is 19.4. The van der Waals surface area contributed by atoms with Crippen molar-refractivity contribution in [3.8, 4) is 17.3 Å². The third kappa shape index (κ3) is 2.93. The zero-order chi connectivity index (χ0) is 17.4. The minimum absolute atomic E-state index is 0.00719. The van der Waals surface area contributed by atoms with E-state index in [0.29, 0.717) is 23.9 Å². The predicted molar refractivity (Wildman–Crippen MR) is 93.4 cm³/mol. The van der Waals surface area contributed by atoms with E-state index in [9.17, 15) is 4.39 Å². The Labute approximate surface area is 148 Å². The number of anilines is 1. The number of ether oxygens (including phenoxy) is 1. The summed E-state index contributed by atoms with van der Waals surface area (Å²) in [7, 11) is 1.52. The first-order valence-electron chi connectivity index (χ1n) is 7.88. The number of nitrogens with zero attached hydrogens (tertiary/aromatic N) is 5. The molecular formula is C17H16FN5OS. The molecule has 0 aromatic carbocycles. The van der Waals surface area contributed by atoms with E-state index in [0.717, 1.165) is 23.4 Å². The third-order valence-corrected chi connectivity index (χ3v) is 4.94. The van der Waals surface area contributed by atoms with Crippen LogP contribution in [0.4, 0.5) is 10.2 Å². The van der Waals surface area contributed by atoms with E-state index in [1.807, 2.05) is 23.4 Å². The van der Waals surface area contributed by atoms with Gasteiger partial charge in [0.05, 0.1) is 24.4 Å². The van der Waals surface area contributed by atoms with Gasteiger partial charge < -0.3 is 9.64 Å². The Balaban J connectivity index is 1.67. The third-order valence-electron chi connectivity index (χ3n) is 4.35. The number of pyridine rings is 1. The molecule has 0 N–H and O–H groups in total. The second kappa shape index (κ2) is 6.36. The van der Waals surface area contributed by atoms with E-state index in [2.05, 4.69) is 19.9 Å². The van der Waals surface area contributed by atoms with Crippen LogP contribution in [0.25, 0.3) is 11.5 Å². The molecule has 0 bridgehead atoms. The van der Waals surface area contributed by atoms with E-state index in [-0.39, 0.29) is 6.04 Å². The van der Waals surface area contributed by atoms with Crippen molar-refractivity contribution in [3.05, 3.63) is 46.4 Å². The fourth-order valence-corrected chi connectivity index (χ4v) is 3.58.